The van der Waals surface area contributed by atoms with Gasteiger partial charge in [-0.05, 0) is 50.2 Å². The predicted molar refractivity (Wildman–Crippen MR) is 94.5 cm³/mol. The molecule has 1 heterocycles. The molecule has 0 fully saturated rings. The first kappa shape index (κ1) is 21.7. The molecule has 0 radical (unpaired) electrons. The summed E-state index contributed by atoms with van der Waals surface area (Å²) in [5, 5.41) is 2.23. The second kappa shape index (κ2) is 7.03. The number of hydrogen-bond donors (Lipinski definition) is 1. The van der Waals surface area contributed by atoms with E-state index in [-0.39, 0.29) is 35.3 Å². The van der Waals surface area contributed by atoms with Crippen LogP contribution in [0.15, 0.2) is 36.4 Å². The van der Waals surface area contributed by atoms with Gasteiger partial charge in [0.25, 0.3) is 5.91 Å². The van der Waals surface area contributed by atoms with E-state index in [9.17, 15) is 35.9 Å². The summed E-state index contributed by atoms with van der Waals surface area (Å²) in [7, 11) is 0. The molecule has 0 aromatic heterocycles. The number of amides is 1. The summed E-state index contributed by atoms with van der Waals surface area (Å²) in [6, 6.07) is 4.61. The smallest absolute Gasteiger partial charge is 0.416 e. The summed E-state index contributed by atoms with van der Waals surface area (Å²) in [4.78, 5) is 24.6. The van der Waals surface area contributed by atoms with Gasteiger partial charge in [0.2, 0.25) is 0 Å². The maximum absolute atomic E-state index is 13.0. The van der Waals surface area contributed by atoms with E-state index in [2.05, 4.69) is 5.32 Å². The Balaban J connectivity index is 1.93. The average Bonchev–Trinajstić information content (AvgIpc) is 2.59. The number of nitrogens with one attached hydrogen (secondary N) is 1. The highest BCUT2D eigenvalue weighted by Gasteiger charge is 2.37. The quantitative estimate of drug-likeness (QED) is 0.619. The average molecular weight is 431 g/mol. The molecule has 160 valence electrons. The predicted octanol–water partition coefficient (Wildman–Crippen LogP) is 5.72. The number of hydrogen-bond acceptors (Lipinski definition) is 3. The summed E-state index contributed by atoms with van der Waals surface area (Å²) in [5.41, 5.74) is -4.55. The van der Waals surface area contributed by atoms with E-state index < -0.39 is 40.6 Å². The minimum absolute atomic E-state index is 0.0291. The van der Waals surface area contributed by atoms with E-state index in [0.717, 1.165) is 0 Å². The maximum Gasteiger partial charge on any atom is 0.416 e. The van der Waals surface area contributed by atoms with Gasteiger partial charge in [-0.15, -0.1) is 0 Å². The Hall–Kier alpha value is -3.04. The molecule has 1 aliphatic heterocycles. The third-order valence-corrected chi connectivity index (χ3v) is 4.36. The highest BCUT2D eigenvalue weighted by atomic mass is 19.4. The van der Waals surface area contributed by atoms with Crippen molar-refractivity contribution in [1.29, 1.82) is 0 Å². The van der Waals surface area contributed by atoms with Crippen molar-refractivity contribution in [3.63, 3.8) is 0 Å². The number of anilines is 1. The van der Waals surface area contributed by atoms with Crippen LogP contribution in [0.3, 0.4) is 0 Å². The Morgan fingerprint density at radius 3 is 2.07 bits per heavy atom. The largest absolute Gasteiger partial charge is 0.487 e. The van der Waals surface area contributed by atoms with E-state index in [0.29, 0.717) is 12.1 Å². The Morgan fingerprint density at radius 1 is 0.967 bits per heavy atom. The molecule has 10 heteroatoms. The van der Waals surface area contributed by atoms with Crippen LogP contribution in [0.2, 0.25) is 0 Å². The zero-order valence-electron chi connectivity index (χ0n) is 15.7. The van der Waals surface area contributed by atoms with Crippen LogP contribution in [0.1, 0.15) is 52.1 Å². The number of halogens is 6. The number of rotatable bonds is 2. The van der Waals surface area contributed by atoms with Crippen molar-refractivity contribution in [3.05, 3.63) is 58.7 Å². The lowest BCUT2D eigenvalue weighted by Crippen LogP contribution is -2.35. The van der Waals surface area contributed by atoms with Crippen LogP contribution >= 0.6 is 0 Å². The van der Waals surface area contributed by atoms with Crippen LogP contribution in [-0.2, 0) is 12.4 Å². The zero-order valence-corrected chi connectivity index (χ0v) is 15.7. The van der Waals surface area contributed by atoms with Crippen LogP contribution in [0.25, 0.3) is 0 Å². The lowest BCUT2D eigenvalue weighted by molar-refractivity contribution is -0.143. The molecule has 2 aromatic rings. The molecule has 1 amide bonds. The Kier molecular flexibility index (Phi) is 5.08. The number of fused-ring (bicyclic) bond motifs is 1. The lowest BCUT2D eigenvalue weighted by atomic mass is 9.93. The molecule has 0 bridgehead atoms. The molecule has 1 N–H and O–H groups in total. The minimum Gasteiger partial charge on any atom is -0.487 e. The molecular formula is C20H15F6NO3. The molecule has 4 nitrogen and oxygen atoms in total. The first-order chi connectivity index (χ1) is 13.7. The summed E-state index contributed by atoms with van der Waals surface area (Å²) in [6.45, 7) is 3.44. The standard InChI is InChI=1S/C20H15F6NO3/c1-18(2)9-15(28)14-8-13(3-4-16(14)30-18)27-17(29)10-5-11(19(21,22)23)7-12(6-10)20(24,25)26/h3-8H,9H2,1-2H3,(H,27,29). The van der Waals surface area contributed by atoms with Crippen LogP contribution in [0, 0.1) is 0 Å². The number of ketones is 1. The third-order valence-electron chi connectivity index (χ3n) is 4.36. The van der Waals surface area contributed by atoms with Crippen molar-refractivity contribution in [3.8, 4) is 5.75 Å². The Bertz CT molecular complexity index is 992. The van der Waals surface area contributed by atoms with Gasteiger partial charge in [-0.1, -0.05) is 0 Å². The normalized spacial score (nSPS) is 15.9. The van der Waals surface area contributed by atoms with Gasteiger partial charge in [0.1, 0.15) is 11.4 Å². The summed E-state index contributed by atoms with van der Waals surface area (Å²) >= 11 is 0. The third kappa shape index (κ3) is 4.58. The second-order valence-electron chi connectivity index (χ2n) is 7.42. The lowest BCUT2D eigenvalue weighted by Gasteiger charge is -2.31. The van der Waals surface area contributed by atoms with E-state index in [1.807, 2.05) is 0 Å². The fraction of sp³-hybridized carbons (Fsp3) is 0.300. The van der Waals surface area contributed by atoms with Crippen molar-refractivity contribution in [2.24, 2.45) is 0 Å². The molecule has 0 saturated carbocycles. The van der Waals surface area contributed by atoms with Gasteiger partial charge in [0.15, 0.2) is 5.78 Å². The fourth-order valence-electron chi connectivity index (χ4n) is 3.02. The molecule has 0 saturated heterocycles. The van der Waals surface area contributed by atoms with Crippen LogP contribution < -0.4 is 10.1 Å². The molecule has 0 atom stereocenters. The molecule has 0 spiro atoms. The van der Waals surface area contributed by atoms with Crippen molar-refractivity contribution in [1.82, 2.24) is 0 Å². The Morgan fingerprint density at radius 2 is 1.53 bits per heavy atom. The number of benzene rings is 2. The Labute approximate surface area is 166 Å². The van der Waals surface area contributed by atoms with Gasteiger partial charge in [0, 0.05) is 11.3 Å². The number of ether oxygens (including phenoxy) is 1. The summed E-state index contributed by atoms with van der Waals surface area (Å²) in [5.74, 6) is -1.18. The first-order valence-electron chi connectivity index (χ1n) is 8.63. The second-order valence-corrected chi connectivity index (χ2v) is 7.42. The van der Waals surface area contributed by atoms with E-state index in [4.69, 9.17) is 4.74 Å². The molecule has 1 aliphatic rings. The minimum atomic E-state index is -5.07. The van der Waals surface area contributed by atoms with Crippen molar-refractivity contribution < 1.29 is 40.7 Å². The van der Waals surface area contributed by atoms with Gasteiger partial charge in [-0.3, -0.25) is 9.59 Å². The van der Waals surface area contributed by atoms with Gasteiger partial charge >= 0.3 is 12.4 Å². The fourth-order valence-corrected chi connectivity index (χ4v) is 3.02. The molecule has 2 aromatic carbocycles. The molecule has 0 aliphatic carbocycles. The highest BCUT2D eigenvalue weighted by Crippen LogP contribution is 2.37. The van der Waals surface area contributed by atoms with Crippen molar-refractivity contribution in [2.75, 3.05) is 5.32 Å². The van der Waals surface area contributed by atoms with E-state index in [1.165, 1.54) is 18.2 Å². The number of carbonyl (C=O) groups excluding carboxylic acids is 2. The van der Waals surface area contributed by atoms with Crippen molar-refractivity contribution in [2.45, 2.75) is 38.2 Å². The van der Waals surface area contributed by atoms with Crippen LogP contribution in [-0.4, -0.2) is 17.3 Å². The van der Waals surface area contributed by atoms with Gasteiger partial charge in [0.05, 0.1) is 23.1 Å². The molecular weight excluding hydrogens is 416 g/mol. The van der Waals surface area contributed by atoms with Gasteiger partial charge < -0.3 is 10.1 Å². The molecule has 30 heavy (non-hydrogen) atoms. The monoisotopic (exact) mass is 431 g/mol. The van der Waals surface area contributed by atoms with E-state index in [1.54, 1.807) is 13.8 Å². The zero-order chi connectivity index (χ0) is 22.5. The molecule has 0 unspecified atom stereocenters. The molecule has 3 rings (SSSR count). The highest BCUT2D eigenvalue weighted by molar-refractivity contribution is 6.06. The summed E-state index contributed by atoms with van der Waals surface area (Å²) in [6.07, 6.45) is -10.1. The van der Waals surface area contributed by atoms with Crippen molar-refractivity contribution >= 4 is 17.4 Å². The maximum atomic E-state index is 13.0. The summed E-state index contributed by atoms with van der Waals surface area (Å²) < 4.78 is 83.5. The van der Waals surface area contributed by atoms with Crippen LogP contribution in [0.4, 0.5) is 32.0 Å². The van der Waals surface area contributed by atoms with E-state index >= 15 is 0 Å². The van der Waals surface area contributed by atoms with Crippen LogP contribution in [0.5, 0.6) is 5.75 Å². The number of alkyl halides is 6. The van der Waals surface area contributed by atoms with Gasteiger partial charge in [-0.2, -0.15) is 26.3 Å². The topological polar surface area (TPSA) is 55.4 Å². The SMILES string of the molecule is CC1(C)CC(=O)c2cc(NC(=O)c3cc(C(F)(F)F)cc(C(F)(F)F)c3)ccc2O1. The first-order valence-corrected chi connectivity index (χ1v) is 8.63. The van der Waals surface area contributed by atoms with Gasteiger partial charge in [-0.25, -0.2) is 0 Å². The number of Topliss-reactive ketones (excluding diaryl/α,β-unsaturated/α-hetero) is 1. The number of carbonyl (C=O) groups is 2.